The molecule has 0 radical (unpaired) electrons. The first kappa shape index (κ1) is 26.9. The minimum atomic E-state index is -0.718. The monoisotopic (exact) mass is 550 g/mol. The number of carbonyl (C=O) groups is 1. The van der Waals surface area contributed by atoms with Crippen molar-refractivity contribution in [2.75, 3.05) is 23.9 Å². The lowest BCUT2D eigenvalue weighted by molar-refractivity contribution is 0.252. The highest BCUT2D eigenvalue weighted by Crippen LogP contribution is 2.44. The summed E-state index contributed by atoms with van der Waals surface area (Å²) in [5, 5.41) is 12.8. The van der Waals surface area contributed by atoms with Crippen LogP contribution in [0.4, 0.5) is 31.0 Å². The second kappa shape index (κ2) is 11.6. The zero-order chi connectivity index (χ0) is 28.2. The molecule has 1 fully saturated rings. The number of benzene rings is 1. The maximum absolute atomic E-state index is 14.9. The molecule has 5 N–H and O–H groups in total. The number of nitrogens with one attached hydrogen (secondary N) is 3. The average Bonchev–Trinajstić information content (AvgIpc) is 3.69. The Kier molecular flexibility index (Phi) is 7.77. The van der Waals surface area contributed by atoms with E-state index in [2.05, 4.69) is 35.9 Å². The molecule has 4 aromatic rings. The number of amides is 2. The second-order valence-electron chi connectivity index (χ2n) is 9.11. The van der Waals surface area contributed by atoms with Gasteiger partial charge in [-0.25, -0.2) is 33.5 Å². The van der Waals surface area contributed by atoms with Crippen LogP contribution in [0.1, 0.15) is 42.5 Å². The molecule has 1 aromatic carbocycles. The van der Waals surface area contributed by atoms with Crippen LogP contribution < -0.4 is 26.4 Å². The molecule has 0 unspecified atom stereocenters. The summed E-state index contributed by atoms with van der Waals surface area (Å²) in [7, 11) is 0. The van der Waals surface area contributed by atoms with Gasteiger partial charge in [0.2, 0.25) is 0 Å². The van der Waals surface area contributed by atoms with Gasteiger partial charge in [0.05, 0.1) is 19.8 Å². The van der Waals surface area contributed by atoms with Crippen LogP contribution in [0.15, 0.2) is 36.8 Å². The van der Waals surface area contributed by atoms with E-state index >= 15 is 0 Å². The normalized spacial score (nSPS) is 12.7. The molecule has 208 valence electrons. The highest BCUT2D eigenvalue weighted by Gasteiger charge is 2.32. The number of anilines is 3. The Morgan fingerprint density at radius 3 is 2.55 bits per heavy atom. The number of aromatic nitrogens is 6. The SMILES string of the molecule is CCOc1cc(F)c(Cn2nc(-c3nc(NC(=O)NCN)cc(Nc4ccncn4)n3)c(C)c2C2CC2)c(F)c1. The summed E-state index contributed by atoms with van der Waals surface area (Å²) < 4.78 is 36.7. The molecular formula is C26H28F2N10O2. The van der Waals surface area contributed by atoms with E-state index in [1.807, 2.05) is 6.92 Å². The molecule has 3 aromatic heterocycles. The second-order valence-corrected chi connectivity index (χ2v) is 9.11. The first-order valence-corrected chi connectivity index (χ1v) is 12.7. The number of hydrogen-bond acceptors (Lipinski definition) is 9. The highest BCUT2D eigenvalue weighted by molar-refractivity contribution is 5.89. The quantitative estimate of drug-likeness (QED) is 0.215. The smallest absolute Gasteiger partial charge is 0.321 e. The van der Waals surface area contributed by atoms with Crippen LogP contribution in [0.2, 0.25) is 0 Å². The molecule has 0 spiro atoms. The number of carbonyl (C=O) groups excluding carboxylic acids is 1. The van der Waals surface area contributed by atoms with Gasteiger partial charge in [0.25, 0.3) is 0 Å². The third-order valence-electron chi connectivity index (χ3n) is 6.22. The predicted molar refractivity (Wildman–Crippen MR) is 143 cm³/mol. The average molecular weight is 551 g/mol. The van der Waals surface area contributed by atoms with Crippen molar-refractivity contribution in [3.05, 3.63) is 65.2 Å². The molecule has 2 amide bonds. The highest BCUT2D eigenvalue weighted by atomic mass is 19.1. The zero-order valence-corrected chi connectivity index (χ0v) is 21.9. The van der Waals surface area contributed by atoms with E-state index in [1.54, 1.807) is 23.9 Å². The summed E-state index contributed by atoms with van der Waals surface area (Å²) in [6.45, 7) is 3.72. The summed E-state index contributed by atoms with van der Waals surface area (Å²) >= 11 is 0. The lowest BCUT2D eigenvalue weighted by Gasteiger charge is -2.11. The van der Waals surface area contributed by atoms with E-state index < -0.39 is 17.7 Å². The molecule has 0 aliphatic heterocycles. The van der Waals surface area contributed by atoms with Gasteiger partial charge >= 0.3 is 6.03 Å². The van der Waals surface area contributed by atoms with E-state index in [4.69, 9.17) is 15.6 Å². The molecule has 0 saturated heterocycles. The van der Waals surface area contributed by atoms with E-state index in [0.717, 1.165) is 24.1 Å². The largest absolute Gasteiger partial charge is 0.494 e. The Bertz CT molecular complexity index is 1500. The molecule has 0 atom stereocenters. The van der Waals surface area contributed by atoms with Crippen molar-refractivity contribution in [2.24, 2.45) is 5.73 Å². The van der Waals surface area contributed by atoms with E-state index in [-0.39, 0.29) is 42.1 Å². The van der Waals surface area contributed by atoms with Crippen molar-refractivity contribution in [3.63, 3.8) is 0 Å². The molecule has 1 aliphatic carbocycles. The van der Waals surface area contributed by atoms with Gasteiger partial charge < -0.3 is 21.1 Å². The number of urea groups is 1. The van der Waals surface area contributed by atoms with Crippen molar-refractivity contribution in [1.82, 2.24) is 35.0 Å². The fraction of sp³-hybridized carbons (Fsp3) is 0.308. The number of halogens is 2. The van der Waals surface area contributed by atoms with Gasteiger partial charge in [-0.2, -0.15) is 5.10 Å². The van der Waals surface area contributed by atoms with Crippen LogP contribution in [-0.4, -0.2) is 49.0 Å². The van der Waals surface area contributed by atoms with Crippen molar-refractivity contribution in [1.29, 1.82) is 0 Å². The Labute approximate surface area is 228 Å². The summed E-state index contributed by atoms with van der Waals surface area (Å²) in [6.07, 6.45) is 4.81. The van der Waals surface area contributed by atoms with Crippen LogP contribution >= 0.6 is 0 Å². The maximum atomic E-state index is 14.9. The Hall–Kier alpha value is -4.72. The number of hydrogen-bond donors (Lipinski definition) is 4. The number of nitrogens with two attached hydrogens (primary N) is 1. The molecule has 40 heavy (non-hydrogen) atoms. The Morgan fingerprint density at radius 2 is 1.90 bits per heavy atom. The minimum Gasteiger partial charge on any atom is -0.494 e. The van der Waals surface area contributed by atoms with E-state index in [1.165, 1.54) is 24.5 Å². The Balaban J connectivity index is 1.55. The predicted octanol–water partition coefficient (Wildman–Crippen LogP) is 3.82. The van der Waals surface area contributed by atoms with Gasteiger partial charge in [-0.1, -0.05) is 0 Å². The summed E-state index contributed by atoms with van der Waals surface area (Å²) in [5.41, 5.74) is 7.35. The van der Waals surface area contributed by atoms with Crippen LogP contribution in [0.5, 0.6) is 5.75 Å². The van der Waals surface area contributed by atoms with Gasteiger partial charge in [-0.15, -0.1) is 0 Å². The fourth-order valence-corrected chi connectivity index (χ4v) is 4.33. The lowest BCUT2D eigenvalue weighted by atomic mass is 10.1. The first-order chi connectivity index (χ1) is 19.4. The van der Waals surface area contributed by atoms with Crippen LogP contribution in [0.3, 0.4) is 0 Å². The summed E-state index contributed by atoms with van der Waals surface area (Å²) in [5.74, 6) is 0.0724. The topological polar surface area (TPSA) is 158 Å². The lowest BCUT2D eigenvalue weighted by Crippen LogP contribution is -2.33. The molecule has 5 rings (SSSR count). The number of rotatable bonds is 10. The molecular weight excluding hydrogens is 522 g/mol. The van der Waals surface area contributed by atoms with Gasteiger partial charge in [-0.3, -0.25) is 10.00 Å². The van der Waals surface area contributed by atoms with Gasteiger partial charge in [0, 0.05) is 47.1 Å². The molecule has 12 nitrogen and oxygen atoms in total. The first-order valence-electron chi connectivity index (χ1n) is 12.7. The van der Waals surface area contributed by atoms with Crippen LogP contribution in [0, 0.1) is 18.6 Å². The van der Waals surface area contributed by atoms with Crippen molar-refractivity contribution in [2.45, 2.75) is 39.2 Å². The standard InChI is InChI=1S/C26H28F2N10O2/c1-3-40-16-8-18(27)17(19(28)9-16)11-38-24(15-4-5-15)14(2)23(37-38)25-34-21(33-20-6-7-30-13-32-20)10-22(35-25)36-26(39)31-12-29/h6-10,13,15H,3-5,11-12,29H2,1-2H3,(H3,30,31,32,33,34,35,36,39). The molecule has 0 bridgehead atoms. The van der Waals surface area contributed by atoms with Crippen LogP contribution in [-0.2, 0) is 6.54 Å². The maximum Gasteiger partial charge on any atom is 0.321 e. The molecule has 14 heteroatoms. The Morgan fingerprint density at radius 1 is 1.15 bits per heavy atom. The molecule has 3 heterocycles. The van der Waals surface area contributed by atoms with E-state index in [9.17, 15) is 13.6 Å². The third-order valence-corrected chi connectivity index (χ3v) is 6.22. The molecule has 1 aliphatic rings. The van der Waals surface area contributed by atoms with Crippen molar-refractivity contribution in [3.8, 4) is 17.3 Å². The van der Waals surface area contributed by atoms with Crippen molar-refractivity contribution >= 4 is 23.5 Å². The van der Waals surface area contributed by atoms with Gasteiger partial charge in [0.15, 0.2) is 5.82 Å². The fourth-order valence-electron chi connectivity index (χ4n) is 4.33. The minimum absolute atomic E-state index is 0.0667. The third kappa shape index (κ3) is 5.96. The van der Waals surface area contributed by atoms with Gasteiger partial charge in [-0.05, 0) is 32.8 Å². The van der Waals surface area contributed by atoms with Gasteiger partial charge in [0.1, 0.15) is 46.9 Å². The van der Waals surface area contributed by atoms with Crippen LogP contribution in [0.25, 0.3) is 11.5 Å². The van der Waals surface area contributed by atoms with Crippen molar-refractivity contribution < 1.29 is 18.3 Å². The summed E-state index contributed by atoms with van der Waals surface area (Å²) in [4.78, 5) is 29.3. The molecule has 1 saturated carbocycles. The summed E-state index contributed by atoms with van der Waals surface area (Å²) in [6, 6.07) is 4.97. The van der Waals surface area contributed by atoms with E-state index in [0.29, 0.717) is 23.9 Å². The zero-order valence-electron chi connectivity index (χ0n) is 21.9. The number of nitrogens with zero attached hydrogens (tertiary/aromatic N) is 6. The number of ether oxygens (including phenoxy) is 1.